The first kappa shape index (κ1) is 39.8. The van der Waals surface area contributed by atoms with E-state index in [1.54, 1.807) is 41.5 Å². The van der Waals surface area contributed by atoms with Crippen LogP contribution in [0.15, 0.2) is 5.16 Å². The van der Waals surface area contributed by atoms with Crippen molar-refractivity contribution in [2.75, 3.05) is 20.4 Å². The quantitative estimate of drug-likeness (QED) is 0.173. The number of carbonyl (C=O) groups excluding carboxylic acids is 1. The molecular formula is C33H60FNO10. The van der Waals surface area contributed by atoms with Gasteiger partial charge in [0.15, 0.2) is 6.29 Å². The summed E-state index contributed by atoms with van der Waals surface area (Å²) < 4.78 is 36.9. The monoisotopic (exact) mass is 649 g/mol. The molecule has 45 heavy (non-hydrogen) atoms. The van der Waals surface area contributed by atoms with Crippen molar-refractivity contribution in [3.05, 3.63) is 0 Å². The highest BCUT2D eigenvalue weighted by Crippen LogP contribution is 2.40. The number of cyclic esters (lactones) is 1. The standard InChI is InChI=1S/C33H60FNO10/c1-12-24-33(10,40)28(36)20(4)26(35-42-15-13-14-34)18(2)16-31(8,39)22(6)19(3)27(21(5)30(38)44-24)45-25-17-32(9,41-11)29(37)23(7)43-25/h18-25,27-29,36-37,39-40H,12-17H2,1-11H3/t18-,19-,20+,21-,22-,23+,24-,25+,27+,28-,29+,31-,32-,33-/m1/s1. The van der Waals surface area contributed by atoms with Gasteiger partial charge in [-0.2, -0.15) is 0 Å². The van der Waals surface area contributed by atoms with Crippen LogP contribution in [0.2, 0.25) is 0 Å². The van der Waals surface area contributed by atoms with Gasteiger partial charge in [0.05, 0.1) is 47.8 Å². The fourth-order valence-corrected chi connectivity index (χ4v) is 6.95. The zero-order chi connectivity index (χ0) is 34.5. The predicted molar refractivity (Wildman–Crippen MR) is 167 cm³/mol. The van der Waals surface area contributed by atoms with Gasteiger partial charge in [-0.15, -0.1) is 0 Å². The summed E-state index contributed by atoms with van der Waals surface area (Å²) in [6.45, 7) is 16.8. The molecule has 0 radical (unpaired) electrons. The number of rotatable bonds is 8. The number of aliphatic hydroxyl groups excluding tert-OH is 2. The second-order valence-corrected chi connectivity index (χ2v) is 14.1. The molecule has 12 heteroatoms. The lowest BCUT2D eigenvalue weighted by molar-refractivity contribution is -0.298. The topological polar surface area (TPSA) is 156 Å². The van der Waals surface area contributed by atoms with Gasteiger partial charge < -0.3 is 44.2 Å². The summed E-state index contributed by atoms with van der Waals surface area (Å²) in [5.74, 6) is -3.53. The Morgan fingerprint density at radius 2 is 1.62 bits per heavy atom. The van der Waals surface area contributed by atoms with Gasteiger partial charge >= 0.3 is 5.97 Å². The summed E-state index contributed by atoms with van der Waals surface area (Å²) in [7, 11) is 1.51. The van der Waals surface area contributed by atoms with E-state index in [2.05, 4.69) is 5.16 Å². The van der Waals surface area contributed by atoms with Gasteiger partial charge in [-0.25, -0.2) is 0 Å². The Labute approximate surface area is 268 Å². The lowest BCUT2D eigenvalue weighted by Crippen LogP contribution is -2.58. The fraction of sp³-hybridized carbons (Fsp3) is 0.939. The summed E-state index contributed by atoms with van der Waals surface area (Å²) >= 11 is 0. The molecule has 0 saturated carbocycles. The zero-order valence-electron chi connectivity index (χ0n) is 29.2. The number of alkyl halides is 1. The summed E-state index contributed by atoms with van der Waals surface area (Å²) in [5.41, 5.74) is -3.76. The van der Waals surface area contributed by atoms with Crippen molar-refractivity contribution >= 4 is 11.7 Å². The van der Waals surface area contributed by atoms with Crippen LogP contribution in [-0.4, -0.2) is 106 Å². The van der Waals surface area contributed by atoms with Crippen LogP contribution in [0.25, 0.3) is 0 Å². The number of hydrogen-bond donors (Lipinski definition) is 4. The number of nitrogens with zero attached hydrogens (tertiary/aromatic N) is 1. The Bertz CT molecular complexity index is 979. The van der Waals surface area contributed by atoms with E-state index in [0.29, 0.717) is 5.71 Å². The van der Waals surface area contributed by atoms with Gasteiger partial charge in [0.25, 0.3) is 0 Å². The Morgan fingerprint density at radius 3 is 2.18 bits per heavy atom. The smallest absolute Gasteiger partial charge is 0.311 e. The molecule has 11 nitrogen and oxygen atoms in total. The van der Waals surface area contributed by atoms with Crippen LogP contribution in [0.4, 0.5) is 4.39 Å². The minimum absolute atomic E-state index is 0.0306. The molecule has 2 aliphatic heterocycles. The third-order valence-corrected chi connectivity index (χ3v) is 10.5. The SMILES string of the molecule is CC[C@H]1OC(=O)[C@H](C)[C@@H](O[C@H]2C[C@@](C)(OC)[C@@H](O)[C@H](C)O2)[C@H](C)[C@@H](C)[C@](C)(O)C[C@@H](C)C(=NOCCCF)[C@H](C)[C@@H](O)[C@]1(C)O. The van der Waals surface area contributed by atoms with Gasteiger partial charge in [0, 0.05) is 31.8 Å². The van der Waals surface area contributed by atoms with Crippen molar-refractivity contribution in [1.29, 1.82) is 0 Å². The van der Waals surface area contributed by atoms with Crippen molar-refractivity contribution in [3.63, 3.8) is 0 Å². The van der Waals surface area contributed by atoms with Gasteiger partial charge in [0.2, 0.25) is 0 Å². The molecule has 0 aliphatic carbocycles. The Kier molecular flexibility index (Phi) is 14.3. The second-order valence-electron chi connectivity index (χ2n) is 14.1. The first-order valence-electron chi connectivity index (χ1n) is 16.4. The molecule has 2 heterocycles. The Balaban J connectivity index is 2.60. The summed E-state index contributed by atoms with van der Waals surface area (Å²) in [6.07, 6.45) is -4.90. The third kappa shape index (κ3) is 9.15. The van der Waals surface area contributed by atoms with Crippen molar-refractivity contribution in [1.82, 2.24) is 0 Å². The van der Waals surface area contributed by atoms with Crippen LogP contribution in [0.1, 0.15) is 94.9 Å². The Morgan fingerprint density at radius 1 is 1.00 bits per heavy atom. The van der Waals surface area contributed by atoms with Crippen molar-refractivity contribution < 1.29 is 53.4 Å². The molecule has 2 saturated heterocycles. The molecule has 4 N–H and O–H groups in total. The van der Waals surface area contributed by atoms with Crippen LogP contribution in [0.5, 0.6) is 0 Å². The number of halogens is 1. The second kappa shape index (κ2) is 16.1. The predicted octanol–water partition coefficient (Wildman–Crippen LogP) is 3.77. The first-order chi connectivity index (χ1) is 20.8. The maximum Gasteiger partial charge on any atom is 0.311 e. The van der Waals surface area contributed by atoms with Gasteiger partial charge in [-0.1, -0.05) is 39.8 Å². The molecule has 2 rings (SSSR count). The van der Waals surface area contributed by atoms with Crippen molar-refractivity contribution in [2.45, 2.75) is 149 Å². The highest BCUT2D eigenvalue weighted by molar-refractivity contribution is 5.88. The summed E-state index contributed by atoms with van der Waals surface area (Å²) in [6, 6.07) is 0. The zero-order valence-corrected chi connectivity index (χ0v) is 29.2. The number of ether oxygens (including phenoxy) is 4. The highest BCUT2D eigenvalue weighted by atomic mass is 19.1. The van der Waals surface area contributed by atoms with Crippen LogP contribution < -0.4 is 0 Å². The number of aliphatic hydroxyl groups is 4. The van der Waals surface area contributed by atoms with Gasteiger partial charge in [0.1, 0.15) is 24.4 Å². The molecule has 0 aromatic carbocycles. The normalized spacial score (nSPS) is 46.8. The van der Waals surface area contributed by atoms with E-state index < -0.39 is 95.8 Å². The van der Waals surface area contributed by atoms with E-state index in [0.717, 1.165) is 0 Å². The summed E-state index contributed by atoms with van der Waals surface area (Å²) in [5, 5.41) is 50.1. The molecule has 14 atom stereocenters. The van der Waals surface area contributed by atoms with Crippen LogP contribution in [0.3, 0.4) is 0 Å². The molecule has 2 fully saturated rings. The van der Waals surface area contributed by atoms with Crippen LogP contribution in [-0.2, 0) is 28.6 Å². The largest absolute Gasteiger partial charge is 0.459 e. The molecular weight excluding hydrogens is 589 g/mol. The van der Waals surface area contributed by atoms with E-state index >= 15 is 0 Å². The molecule has 0 aromatic heterocycles. The number of hydrogen-bond acceptors (Lipinski definition) is 11. The maximum absolute atomic E-state index is 13.8. The molecule has 0 amide bonds. The lowest BCUT2D eigenvalue weighted by atomic mass is 9.70. The van der Waals surface area contributed by atoms with E-state index in [-0.39, 0.29) is 32.3 Å². The van der Waals surface area contributed by atoms with E-state index in [9.17, 15) is 29.6 Å². The fourth-order valence-electron chi connectivity index (χ4n) is 6.95. The summed E-state index contributed by atoms with van der Waals surface area (Å²) in [4.78, 5) is 19.2. The van der Waals surface area contributed by atoms with Crippen LogP contribution >= 0.6 is 0 Å². The molecule has 264 valence electrons. The minimum atomic E-state index is -1.89. The minimum Gasteiger partial charge on any atom is -0.459 e. The third-order valence-electron chi connectivity index (χ3n) is 10.5. The highest BCUT2D eigenvalue weighted by Gasteiger charge is 2.50. The molecule has 0 unspecified atom stereocenters. The molecule has 0 bridgehead atoms. The van der Waals surface area contributed by atoms with Crippen molar-refractivity contribution in [2.24, 2.45) is 34.7 Å². The molecule has 0 aromatic rings. The number of carbonyl (C=O) groups is 1. The first-order valence-corrected chi connectivity index (χ1v) is 16.4. The maximum atomic E-state index is 13.8. The van der Waals surface area contributed by atoms with E-state index in [4.69, 9.17) is 23.8 Å². The van der Waals surface area contributed by atoms with Gasteiger partial charge in [-0.05, 0) is 59.3 Å². The van der Waals surface area contributed by atoms with E-state index in [1.807, 2.05) is 20.8 Å². The Hall–Kier alpha value is -1.41. The molecule has 0 spiro atoms. The average Bonchev–Trinajstić information content (AvgIpc) is 2.98. The van der Waals surface area contributed by atoms with Gasteiger partial charge in [-0.3, -0.25) is 9.18 Å². The van der Waals surface area contributed by atoms with Crippen molar-refractivity contribution in [3.8, 4) is 0 Å². The number of methoxy groups -OCH3 is 1. The number of oxime groups is 1. The average molecular weight is 650 g/mol. The lowest BCUT2D eigenvalue weighted by Gasteiger charge is -2.47. The molecule has 2 aliphatic rings. The number of esters is 1. The van der Waals surface area contributed by atoms with E-state index in [1.165, 1.54) is 14.0 Å². The van der Waals surface area contributed by atoms with Crippen LogP contribution in [0, 0.1) is 29.6 Å².